The number of likely N-dealkylation sites (N-methyl/N-ethyl adjacent to an activating group) is 1. The number of amides is 2. The lowest BCUT2D eigenvalue weighted by Crippen LogP contribution is -2.53. The Bertz CT molecular complexity index is 586. The third kappa shape index (κ3) is 3.37. The molecule has 3 rings (SSSR count). The number of carbonyl (C=O) groups excluding carboxylic acids is 2. The van der Waals surface area contributed by atoms with E-state index in [1.165, 1.54) is 23.5 Å². The van der Waals surface area contributed by atoms with Crippen LogP contribution in [0.5, 0.6) is 0 Å². The molecule has 6 heteroatoms. The molecule has 2 aliphatic rings. The van der Waals surface area contributed by atoms with E-state index in [1.54, 1.807) is 19.2 Å². The number of nitrogens with one attached hydrogen (secondary N) is 1. The zero-order valence-electron chi connectivity index (χ0n) is 13.1. The molecule has 0 radical (unpaired) electrons. The molecular formula is C17H21FN2O3. The molecule has 1 saturated carbocycles. The van der Waals surface area contributed by atoms with Crippen LogP contribution in [-0.4, -0.2) is 43.0 Å². The fourth-order valence-corrected chi connectivity index (χ4v) is 3.03. The summed E-state index contributed by atoms with van der Waals surface area (Å²) < 4.78 is 18.7. The van der Waals surface area contributed by atoms with E-state index in [4.69, 9.17) is 4.74 Å². The van der Waals surface area contributed by atoms with Gasteiger partial charge in [0.05, 0.1) is 6.04 Å². The number of carbonyl (C=O) groups is 2. The normalized spacial score (nSPS) is 25.1. The summed E-state index contributed by atoms with van der Waals surface area (Å²) in [6.07, 6.45) is 2.73. The maximum absolute atomic E-state index is 13.1. The number of benzene rings is 1. The zero-order valence-corrected chi connectivity index (χ0v) is 13.1. The van der Waals surface area contributed by atoms with Crippen LogP contribution in [0.3, 0.4) is 0 Å². The Labute approximate surface area is 134 Å². The Morgan fingerprint density at radius 3 is 2.65 bits per heavy atom. The van der Waals surface area contributed by atoms with Crippen molar-refractivity contribution in [3.63, 3.8) is 0 Å². The van der Waals surface area contributed by atoms with Crippen LogP contribution < -0.4 is 5.32 Å². The molecule has 1 aromatic rings. The van der Waals surface area contributed by atoms with E-state index in [-0.39, 0.29) is 24.2 Å². The Balaban J connectivity index is 1.76. The predicted molar refractivity (Wildman–Crippen MR) is 82.0 cm³/mol. The molecule has 2 atom stereocenters. The Morgan fingerprint density at radius 2 is 2.04 bits per heavy atom. The van der Waals surface area contributed by atoms with E-state index in [0.717, 1.165) is 12.8 Å². The largest absolute Gasteiger partial charge is 0.356 e. The van der Waals surface area contributed by atoms with Crippen molar-refractivity contribution < 1.29 is 18.7 Å². The first kappa shape index (κ1) is 15.9. The third-order valence-corrected chi connectivity index (χ3v) is 4.74. The van der Waals surface area contributed by atoms with Gasteiger partial charge in [-0.25, -0.2) is 4.39 Å². The van der Waals surface area contributed by atoms with E-state index >= 15 is 0 Å². The van der Waals surface area contributed by atoms with Crippen LogP contribution in [0.15, 0.2) is 24.3 Å². The van der Waals surface area contributed by atoms with Gasteiger partial charge in [0.2, 0.25) is 5.91 Å². The Morgan fingerprint density at radius 1 is 1.35 bits per heavy atom. The number of rotatable bonds is 4. The number of ether oxygens (including phenoxy) is 1. The summed E-state index contributed by atoms with van der Waals surface area (Å²) in [5.41, 5.74) is 0.686. The molecule has 2 amide bonds. The molecule has 1 aliphatic heterocycles. The van der Waals surface area contributed by atoms with Crippen molar-refractivity contribution >= 4 is 11.8 Å². The van der Waals surface area contributed by atoms with Gasteiger partial charge in [0.25, 0.3) is 5.91 Å². The Hall–Kier alpha value is -1.95. The lowest BCUT2D eigenvalue weighted by atomic mass is 9.85. The molecule has 1 aromatic carbocycles. The van der Waals surface area contributed by atoms with Crippen LogP contribution in [0.4, 0.5) is 4.39 Å². The highest BCUT2D eigenvalue weighted by molar-refractivity contribution is 5.86. The van der Waals surface area contributed by atoms with Gasteiger partial charge in [0, 0.05) is 13.6 Å². The van der Waals surface area contributed by atoms with Crippen LogP contribution in [0.2, 0.25) is 0 Å². The summed E-state index contributed by atoms with van der Waals surface area (Å²) in [5, 5.41) is 2.92. The van der Waals surface area contributed by atoms with Crippen LogP contribution in [0.1, 0.15) is 30.9 Å². The lowest BCUT2D eigenvalue weighted by Gasteiger charge is -2.38. The van der Waals surface area contributed by atoms with Crippen molar-refractivity contribution in [2.24, 2.45) is 5.92 Å². The van der Waals surface area contributed by atoms with Gasteiger partial charge >= 0.3 is 0 Å². The average Bonchev–Trinajstić information content (AvgIpc) is 2.49. The summed E-state index contributed by atoms with van der Waals surface area (Å²) in [4.78, 5) is 25.9. The SMILES string of the molecule is CN1C(=O)COC(C(=O)NCC2CCC2)C1c1ccc(F)cc1. The molecule has 124 valence electrons. The molecule has 0 aromatic heterocycles. The van der Waals surface area contributed by atoms with Gasteiger partial charge < -0.3 is 15.0 Å². The standard InChI is InChI=1S/C17H21FN2O3/c1-20-14(21)10-23-16(17(22)19-9-11-3-2-4-11)15(20)12-5-7-13(18)8-6-12/h5-8,11,15-16H,2-4,9-10H2,1H3,(H,19,22). The summed E-state index contributed by atoms with van der Waals surface area (Å²) in [5.74, 6) is -0.218. The van der Waals surface area contributed by atoms with E-state index < -0.39 is 12.1 Å². The molecule has 1 N–H and O–H groups in total. The lowest BCUT2D eigenvalue weighted by molar-refractivity contribution is -0.162. The van der Waals surface area contributed by atoms with Crippen molar-refractivity contribution in [3.05, 3.63) is 35.6 Å². The minimum Gasteiger partial charge on any atom is -0.356 e. The smallest absolute Gasteiger partial charge is 0.251 e. The summed E-state index contributed by atoms with van der Waals surface area (Å²) in [7, 11) is 1.64. The van der Waals surface area contributed by atoms with Crippen molar-refractivity contribution in [3.8, 4) is 0 Å². The summed E-state index contributed by atoms with van der Waals surface area (Å²) >= 11 is 0. The predicted octanol–water partition coefficient (Wildman–Crippen LogP) is 1.64. The molecule has 2 fully saturated rings. The van der Waals surface area contributed by atoms with Crippen LogP contribution in [0, 0.1) is 11.7 Å². The van der Waals surface area contributed by atoms with Crippen LogP contribution >= 0.6 is 0 Å². The monoisotopic (exact) mass is 320 g/mol. The maximum Gasteiger partial charge on any atom is 0.251 e. The van der Waals surface area contributed by atoms with Gasteiger partial charge in [-0.15, -0.1) is 0 Å². The van der Waals surface area contributed by atoms with Gasteiger partial charge in [-0.2, -0.15) is 0 Å². The topological polar surface area (TPSA) is 58.6 Å². The fourth-order valence-electron chi connectivity index (χ4n) is 3.03. The second kappa shape index (κ2) is 6.66. The van der Waals surface area contributed by atoms with Gasteiger partial charge in [-0.05, 0) is 36.5 Å². The molecule has 2 unspecified atom stereocenters. The van der Waals surface area contributed by atoms with Crippen LogP contribution in [0.25, 0.3) is 0 Å². The molecule has 0 bridgehead atoms. The third-order valence-electron chi connectivity index (χ3n) is 4.74. The summed E-state index contributed by atoms with van der Waals surface area (Å²) in [6, 6.07) is 5.28. The quantitative estimate of drug-likeness (QED) is 0.917. The highest BCUT2D eigenvalue weighted by Crippen LogP contribution is 2.30. The first-order valence-electron chi connectivity index (χ1n) is 7.96. The molecule has 0 spiro atoms. The average molecular weight is 320 g/mol. The zero-order chi connectivity index (χ0) is 16.4. The van der Waals surface area contributed by atoms with Crippen molar-refractivity contribution in [1.29, 1.82) is 0 Å². The van der Waals surface area contributed by atoms with Gasteiger partial charge in [0.1, 0.15) is 12.4 Å². The second-order valence-corrected chi connectivity index (χ2v) is 6.27. The number of morpholine rings is 1. The first-order chi connectivity index (χ1) is 11.1. The number of hydrogen-bond donors (Lipinski definition) is 1. The van der Waals surface area contributed by atoms with E-state index in [1.807, 2.05) is 0 Å². The number of hydrogen-bond acceptors (Lipinski definition) is 3. The van der Waals surface area contributed by atoms with E-state index in [0.29, 0.717) is 18.0 Å². The van der Waals surface area contributed by atoms with Gasteiger partial charge in [-0.1, -0.05) is 18.6 Å². The van der Waals surface area contributed by atoms with Crippen molar-refractivity contribution in [2.45, 2.75) is 31.4 Å². The van der Waals surface area contributed by atoms with Crippen molar-refractivity contribution in [1.82, 2.24) is 10.2 Å². The minimum atomic E-state index is -0.775. The molecule has 23 heavy (non-hydrogen) atoms. The minimum absolute atomic E-state index is 0.115. The highest BCUT2D eigenvalue weighted by Gasteiger charge is 2.40. The highest BCUT2D eigenvalue weighted by atomic mass is 19.1. The molecule has 1 saturated heterocycles. The van der Waals surface area contributed by atoms with Gasteiger partial charge in [0.15, 0.2) is 6.10 Å². The Kier molecular flexibility index (Phi) is 4.61. The fraction of sp³-hybridized carbons (Fsp3) is 0.529. The van der Waals surface area contributed by atoms with Crippen molar-refractivity contribution in [2.75, 3.05) is 20.2 Å². The molecular weight excluding hydrogens is 299 g/mol. The maximum atomic E-state index is 13.1. The summed E-state index contributed by atoms with van der Waals surface area (Å²) in [6.45, 7) is 0.530. The van der Waals surface area contributed by atoms with E-state index in [9.17, 15) is 14.0 Å². The molecule has 1 aliphatic carbocycles. The second-order valence-electron chi connectivity index (χ2n) is 6.27. The molecule has 5 nitrogen and oxygen atoms in total. The number of nitrogens with zero attached hydrogens (tertiary/aromatic N) is 1. The van der Waals surface area contributed by atoms with E-state index in [2.05, 4.69) is 5.32 Å². The number of halogens is 1. The van der Waals surface area contributed by atoms with Crippen LogP contribution in [-0.2, 0) is 14.3 Å². The first-order valence-corrected chi connectivity index (χ1v) is 7.96. The van der Waals surface area contributed by atoms with Gasteiger partial charge in [-0.3, -0.25) is 9.59 Å². The molecule has 1 heterocycles.